The molecule has 0 radical (unpaired) electrons. The average molecular weight is 406 g/mol. The molecule has 1 atom stereocenters. The van der Waals surface area contributed by atoms with Crippen molar-refractivity contribution in [2.24, 2.45) is 0 Å². The highest BCUT2D eigenvalue weighted by Crippen LogP contribution is 2.20. The molecule has 1 N–H and O–H groups in total. The zero-order valence-corrected chi connectivity index (χ0v) is 17.3. The number of hydrogen-bond donors (Lipinski definition) is 1. The second kappa shape index (κ2) is 9.04. The van der Waals surface area contributed by atoms with Crippen LogP contribution in [0.25, 0.3) is 11.4 Å². The van der Waals surface area contributed by atoms with Gasteiger partial charge >= 0.3 is 0 Å². The number of hydrogen-bond acceptors (Lipinski definition) is 6. The van der Waals surface area contributed by atoms with Crippen molar-refractivity contribution in [3.63, 3.8) is 0 Å². The number of tetrazole rings is 1. The Morgan fingerprint density at radius 2 is 1.80 bits per heavy atom. The summed E-state index contributed by atoms with van der Waals surface area (Å²) in [5, 5.41) is 15.4. The van der Waals surface area contributed by atoms with E-state index in [1.165, 1.54) is 10.5 Å². The number of aromatic nitrogens is 4. The monoisotopic (exact) mass is 406 g/mol. The van der Waals surface area contributed by atoms with Gasteiger partial charge in [-0.15, -0.1) is 10.2 Å². The summed E-state index contributed by atoms with van der Waals surface area (Å²) in [6.45, 7) is 7.34. The summed E-state index contributed by atoms with van der Waals surface area (Å²) in [5.41, 5.74) is 4.27. The summed E-state index contributed by atoms with van der Waals surface area (Å²) in [6.07, 6.45) is 0. The topological polar surface area (TPSA) is 85.2 Å². The Kier molecular flexibility index (Phi) is 6.04. The smallest absolute Gasteiger partial charge is 0.244 e. The summed E-state index contributed by atoms with van der Waals surface area (Å²) in [5.74, 6) is 0.349. The second-order valence-corrected chi connectivity index (χ2v) is 7.49. The van der Waals surface area contributed by atoms with Gasteiger partial charge in [0.05, 0.1) is 19.3 Å². The molecule has 2 heterocycles. The van der Waals surface area contributed by atoms with E-state index >= 15 is 0 Å². The molecule has 2 aromatic carbocycles. The first-order valence-electron chi connectivity index (χ1n) is 10.2. The fourth-order valence-electron chi connectivity index (χ4n) is 3.42. The number of amides is 1. The number of anilines is 1. The van der Waals surface area contributed by atoms with E-state index in [-0.39, 0.29) is 18.5 Å². The molecule has 0 saturated carbocycles. The number of carbonyl (C=O) groups is 1. The maximum Gasteiger partial charge on any atom is 0.244 e. The molecule has 4 rings (SSSR count). The van der Waals surface area contributed by atoms with E-state index in [0.29, 0.717) is 5.82 Å². The molecule has 8 nitrogen and oxygen atoms in total. The van der Waals surface area contributed by atoms with Gasteiger partial charge in [-0.25, -0.2) is 0 Å². The van der Waals surface area contributed by atoms with Crippen LogP contribution < -0.4 is 10.2 Å². The summed E-state index contributed by atoms with van der Waals surface area (Å²) in [4.78, 5) is 16.1. The Balaban J connectivity index is 1.33. The average Bonchev–Trinajstić information content (AvgIpc) is 3.23. The highest BCUT2D eigenvalue weighted by molar-refractivity contribution is 5.76. The Labute approximate surface area is 175 Å². The molecule has 1 aliphatic rings. The lowest BCUT2D eigenvalue weighted by atomic mass is 10.1. The zero-order chi connectivity index (χ0) is 20.9. The molecular formula is C22H26N6O2. The highest BCUT2D eigenvalue weighted by atomic mass is 16.5. The number of benzene rings is 2. The number of rotatable bonds is 6. The third kappa shape index (κ3) is 4.83. The highest BCUT2D eigenvalue weighted by Gasteiger charge is 2.15. The first-order chi connectivity index (χ1) is 14.6. The largest absolute Gasteiger partial charge is 0.378 e. The summed E-state index contributed by atoms with van der Waals surface area (Å²) in [7, 11) is 0. The van der Waals surface area contributed by atoms with Crippen molar-refractivity contribution in [1.82, 2.24) is 25.5 Å². The van der Waals surface area contributed by atoms with Crippen LogP contribution in [0.2, 0.25) is 0 Å². The molecule has 30 heavy (non-hydrogen) atoms. The molecule has 1 saturated heterocycles. The van der Waals surface area contributed by atoms with E-state index in [2.05, 4.69) is 49.9 Å². The molecular weight excluding hydrogens is 380 g/mol. The maximum absolute atomic E-state index is 12.4. The van der Waals surface area contributed by atoms with Gasteiger partial charge < -0.3 is 15.0 Å². The molecule has 1 aromatic heterocycles. The number of nitrogens with one attached hydrogen (secondary N) is 1. The molecule has 1 amide bonds. The molecule has 0 aliphatic carbocycles. The quantitative estimate of drug-likeness (QED) is 0.676. The Morgan fingerprint density at radius 3 is 2.50 bits per heavy atom. The lowest BCUT2D eigenvalue weighted by molar-refractivity contribution is -0.122. The van der Waals surface area contributed by atoms with Crippen LogP contribution in [0.4, 0.5) is 5.69 Å². The van der Waals surface area contributed by atoms with Gasteiger partial charge in [-0.3, -0.25) is 4.79 Å². The normalized spacial score (nSPS) is 15.1. The molecule has 0 bridgehead atoms. The molecule has 0 spiro atoms. The lowest BCUT2D eigenvalue weighted by Gasteiger charge is -2.29. The number of ether oxygens (including phenoxy) is 1. The van der Waals surface area contributed by atoms with Crippen molar-refractivity contribution in [3.8, 4) is 11.4 Å². The van der Waals surface area contributed by atoms with Gasteiger partial charge in [0.1, 0.15) is 6.54 Å². The number of carbonyl (C=O) groups excluding carboxylic acids is 1. The van der Waals surface area contributed by atoms with E-state index in [9.17, 15) is 4.79 Å². The van der Waals surface area contributed by atoms with Crippen LogP contribution in [0.3, 0.4) is 0 Å². The minimum Gasteiger partial charge on any atom is -0.378 e. The fraction of sp³-hybridized carbons (Fsp3) is 0.364. The van der Waals surface area contributed by atoms with Gasteiger partial charge in [-0.1, -0.05) is 42.0 Å². The van der Waals surface area contributed by atoms with Crippen molar-refractivity contribution >= 4 is 11.6 Å². The Morgan fingerprint density at radius 1 is 1.10 bits per heavy atom. The van der Waals surface area contributed by atoms with Crippen LogP contribution in [-0.2, 0) is 16.1 Å². The molecule has 156 valence electrons. The molecule has 1 aliphatic heterocycles. The summed E-state index contributed by atoms with van der Waals surface area (Å²) >= 11 is 0. The minimum absolute atomic E-state index is 0.0229. The third-order valence-corrected chi connectivity index (χ3v) is 5.19. The second-order valence-electron chi connectivity index (χ2n) is 7.49. The van der Waals surface area contributed by atoms with Crippen molar-refractivity contribution in [2.45, 2.75) is 26.4 Å². The van der Waals surface area contributed by atoms with Gasteiger partial charge in [0.2, 0.25) is 11.7 Å². The van der Waals surface area contributed by atoms with Gasteiger partial charge in [-0.05, 0) is 36.8 Å². The predicted octanol–water partition coefficient (Wildman–Crippen LogP) is 2.36. The Hall–Kier alpha value is -3.26. The van der Waals surface area contributed by atoms with Crippen LogP contribution in [0.15, 0.2) is 48.5 Å². The van der Waals surface area contributed by atoms with Crippen LogP contribution in [0.5, 0.6) is 0 Å². The van der Waals surface area contributed by atoms with Crippen molar-refractivity contribution < 1.29 is 9.53 Å². The van der Waals surface area contributed by atoms with Gasteiger partial charge in [0.25, 0.3) is 0 Å². The minimum atomic E-state index is -0.160. The molecule has 0 unspecified atom stereocenters. The van der Waals surface area contributed by atoms with E-state index in [0.717, 1.165) is 43.0 Å². The van der Waals surface area contributed by atoms with Crippen LogP contribution >= 0.6 is 0 Å². The standard InChI is InChI=1S/C22H26N6O2/c1-16-3-5-19(6-4-16)22-24-26-28(25-22)15-21(29)23-17(2)18-7-9-20(10-8-18)27-11-13-30-14-12-27/h3-10,17H,11-15H2,1-2H3,(H,23,29)/t17-/m0/s1. The van der Waals surface area contributed by atoms with Crippen molar-refractivity contribution in [2.75, 3.05) is 31.2 Å². The van der Waals surface area contributed by atoms with E-state index in [1.54, 1.807) is 0 Å². The maximum atomic E-state index is 12.4. The predicted molar refractivity (Wildman–Crippen MR) is 114 cm³/mol. The van der Waals surface area contributed by atoms with Gasteiger partial charge in [0.15, 0.2) is 0 Å². The molecule has 1 fully saturated rings. The first-order valence-corrected chi connectivity index (χ1v) is 10.2. The fourth-order valence-corrected chi connectivity index (χ4v) is 3.42. The summed E-state index contributed by atoms with van der Waals surface area (Å²) < 4.78 is 5.40. The zero-order valence-electron chi connectivity index (χ0n) is 17.3. The van der Waals surface area contributed by atoms with Crippen LogP contribution in [0, 0.1) is 6.92 Å². The van der Waals surface area contributed by atoms with E-state index in [4.69, 9.17) is 4.74 Å². The van der Waals surface area contributed by atoms with Crippen molar-refractivity contribution in [3.05, 3.63) is 59.7 Å². The van der Waals surface area contributed by atoms with Crippen LogP contribution in [0.1, 0.15) is 24.1 Å². The Bertz CT molecular complexity index is 978. The van der Waals surface area contributed by atoms with E-state index in [1.807, 2.05) is 38.1 Å². The third-order valence-electron chi connectivity index (χ3n) is 5.19. The summed E-state index contributed by atoms with van der Waals surface area (Å²) in [6, 6.07) is 16.1. The van der Waals surface area contributed by atoms with Gasteiger partial charge in [0, 0.05) is 24.3 Å². The van der Waals surface area contributed by atoms with Gasteiger partial charge in [-0.2, -0.15) is 4.80 Å². The van der Waals surface area contributed by atoms with Crippen LogP contribution in [-0.4, -0.2) is 52.4 Å². The number of morpholine rings is 1. The molecule has 3 aromatic rings. The van der Waals surface area contributed by atoms with Crippen molar-refractivity contribution in [1.29, 1.82) is 0 Å². The lowest BCUT2D eigenvalue weighted by Crippen LogP contribution is -2.36. The first kappa shape index (κ1) is 20.0. The SMILES string of the molecule is Cc1ccc(-c2nnn(CC(=O)N[C@@H](C)c3ccc(N4CCOCC4)cc3)n2)cc1. The van der Waals surface area contributed by atoms with E-state index < -0.39 is 0 Å². The molecule has 8 heteroatoms. The number of aryl methyl sites for hydroxylation is 1. The number of nitrogens with zero attached hydrogens (tertiary/aromatic N) is 5.